The first kappa shape index (κ1) is 21.7. The van der Waals surface area contributed by atoms with Gasteiger partial charge in [0.2, 0.25) is 0 Å². The van der Waals surface area contributed by atoms with Gasteiger partial charge in [0.05, 0.1) is 33.6 Å². The number of ether oxygens (including phenoxy) is 2. The largest absolute Gasteiger partial charge is 0.449 e. The van der Waals surface area contributed by atoms with Crippen LogP contribution in [0.15, 0.2) is 51.5 Å². The monoisotopic (exact) mass is 581 g/mol. The van der Waals surface area contributed by atoms with Crippen molar-refractivity contribution < 1.29 is 22.9 Å². The van der Waals surface area contributed by atoms with Crippen molar-refractivity contribution in [3.63, 3.8) is 0 Å². The maximum atomic E-state index is 13.2. The number of cyclic esters (lactones) is 1. The Balaban J connectivity index is 1.45. The Morgan fingerprint density at radius 1 is 1.08 bits per heavy atom. The summed E-state index contributed by atoms with van der Waals surface area (Å²) in [5.41, 5.74) is 5.23. The van der Waals surface area contributed by atoms with Gasteiger partial charge in [-0.3, -0.25) is 4.90 Å². The van der Waals surface area contributed by atoms with Gasteiger partial charge in [-0.15, -0.1) is 0 Å². The van der Waals surface area contributed by atoms with E-state index in [2.05, 4.69) is 43.9 Å². The molecule has 2 aromatic heterocycles. The second-order valence-corrected chi connectivity index (χ2v) is 11.0. The molecule has 38 heavy (non-hydrogen) atoms. The molecule has 1 aliphatic heterocycles. The van der Waals surface area contributed by atoms with E-state index >= 15 is 0 Å². The third kappa shape index (κ3) is 4.41. The summed E-state index contributed by atoms with van der Waals surface area (Å²) in [7, 11) is -2.41. The van der Waals surface area contributed by atoms with Crippen molar-refractivity contribution in [1.29, 1.82) is 0 Å². The Morgan fingerprint density at radius 3 is 2.58 bits per heavy atom. The molecular formula is C29H31BrN4O4. The Labute approximate surface area is 234 Å². The minimum atomic E-state index is -2.41. The maximum absolute atomic E-state index is 13.2. The number of aryl methyl sites for hydroxylation is 2. The number of rotatable bonds is 5. The van der Waals surface area contributed by atoms with Crippen molar-refractivity contribution >= 4 is 38.7 Å². The minimum absolute atomic E-state index is 0.0704. The lowest BCUT2D eigenvalue weighted by Crippen LogP contribution is -2.42. The van der Waals surface area contributed by atoms with Crippen LogP contribution in [-0.2, 0) is 9.47 Å². The normalized spacial score (nSPS) is 23.7. The summed E-state index contributed by atoms with van der Waals surface area (Å²) < 4.78 is 42.0. The van der Waals surface area contributed by atoms with Crippen LogP contribution in [-0.4, -0.2) is 40.5 Å². The second-order valence-electron chi connectivity index (χ2n) is 10.1. The predicted octanol–water partition coefficient (Wildman–Crippen LogP) is 7.29. The summed E-state index contributed by atoms with van der Waals surface area (Å²) in [5.74, 6) is 1.53. The third-order valence-corrected chi connectivity index (χ3v) is 8.27. The number of hydrogen-bond acceptors (Lipinski definition) is 6. The van der Waals surface area contributed by atoms with Crippen LogP contribution in [0, 0.1) is 13.8 Å². The molecule has 6 rings (SSSR count). The first-order valence-electron chi connectivity index (χ1n) is 14.4. The Bertz CT molecular complexity index is 1560. The number of carbonyl (C=O) groups excluding carboxylic acids is 1. The summed E-state index contributed by atoms with van der Waals surface area (Å²) >= 11 is 3.48. The Kier molecular flexibility index (Phi) is 5.82. The van der Waals surface area contributed by atoms with E-state index in [4.69, 9.17) is 23.1 Å². The summed E-state index contributed by atoms with van der Waals surface area (Å²) in [6.45, 7) is 4.11. The van der Waals surface area contributed by atoms with E-state index in [0.717, 1.165) is 62.4 Å². The van der Waals surface area contributed by atoms with Crippen LogP contribution >= 0.6 is 15.9 Å². The quantitative estimate of drug-likeness (QED) is 0.246. The molecule has 0 radical (unpaired) electrons. The van der Waals surface area contributed by atoms with Crippen LogP contribution in [0.4, 0.5) is 10.5 Å². The highest BCUT2D eigenvalue weighted by Crippen LogP contribution is 2.41. The van der Waals surface area contributed by atoms with Crippen molar-refractivity contribution in [2.45, 2.75) is 64.1 Å². The van der Waals surface area contributed by atoms with Crippen molar-refractivity contribution in [3.05, 3.63) is 64.2 Å². The molecule has 0 spiro atoms. The Hall–Kier alpha value is -3.17. The molecule has 198 valence electrons. The van der Waals surface area contributed by atoms with Gasteiger partial charge >= 0.3 is 6.09 Å². The predicted molar refractivity (Wildman–Crippen MR) is 148 cm³/mol. The number of fused-ring (bicyclic) bond motifs is 1. The van der Waals surface area contributed by atoms with Crippen LogP contribution in [0.25, 0.3) is 22.2 Å². The van der Waals surface area contributed by atoms with Gasteiger partial charge in [-0.05, 0) is 81.5 Å². The van der Waals surface area contributed by atoms with Gasteiger partial charge in [-0.2, -0.15) is 0 Å². The molecule has 2 aliphatic rings. The molecule has 4 aromatic rings. The van der Waals surface area contributed by atoms with Gasteiger partial charge in [0.25, 0.3) is 0 Å². The van der Waals surface area contributed by atoms with E-state index in [1.54, 1.807) is 4.90 Å². The molecule has 0 N–H and O–H groups in total. The molecule has 1 saturated heterocycles. The van der Waals surface area contributed by atoms with Gasteiger partial charge in [-0.25, -0.2) is 9.78 Å². The van der Waals surface area contributed by atoms with E-state index in [0.29, 0.717) is 25.9 Å². The second kappa shape index (κ2) is 10.2. The van der Waals surface area contributed by atoms with Gasteiger partial charge in [-0.1, -0.05) is 27.2 Å². The molecule has 1 amide bonds. The summed E-state index contributed by atoms with van der Waals surface area (Å²) in [6, 6.07) is 13.5. The van der Waals surface area contributed by atoms with Gasteiger partial charge in [0.15, 0.2) is 0 Å². The summed E-state index contributed by atoms with van der Waals surface area (Å²) in [6.07, 6.45) is 2.59. The average Bonchev–Trinajstić information content (AvgIpc) is 3.47. The van der Waals surface area contributed by atoms with Crippen LogP contribution in [0.3, 0.4) is 0 Å². The zero-order valence-electron chi connectivity index (χ0n) is 24.3. The molecule has 1 saturated carbocycles. The van der Waals surface area contributed by atoms with Crippen LogP contribution in [0.1, 0.15) is 65.6 Å². The van der Waals surface area contributed by atoms with E-state index in [9.17, 15) is 4.79 Å². The maximum Gasteiger partial charge on any atom is 0.414 e. The minimum Gasteiger partial charge on any atom is -0.449 e. The number of amides is 1. The zero-order valence-corrected chi connectivity index (χ0v) is 22.9. The molecular weight excluding hydrogens is 548 g/mol. The average molecular weight is 583 g/mol. The van der Waals surface area contributed by atoms with Gasteiger partial charge in [0.1, 0.15) is 17.6 Å². The van der Waals surface area contributed by atoms with Crippen LogP contribution in [0.5, 0.6) is 0 Å². The molecule has 0 unspecified atom stereocenters. The number of aromatic nitrogens is 3. The van der Waals surface area contributed by atoms with Crippen LogP contribution in [0.2, 0.25) is 0 Å². The molecule has 2 aromatic carbocycles. The molecule has 1 atom stereocenters. The molecule has 8 nitrogen and oxygen atoms in total. The number of carbonyl (C=O) groups is 1. The lowest BCUT2D eigenvalue weighted by atomic mass is 9.92. The highest BCUT2D eigenvalue weighted by molar-refractivity contribution is 9.10. The van der Waals surface area contributed by atoms with Crippen molar-refractivity contribution in [2.24, 2.45) is 0 Å². The number of imidazole rings is 1. The van der Waals surface area contributed by atoms with E-state index in [1.807, 2.05) is 38.1 Å². The SMILES string of the molecule is [2H]C([2H])([2H])O[C@H]1CC[C@H](n2c([C@@H]3CCOC(=O)N3c3ccc(Br)cc3)nc3cc(-c4c(C)noc4C)ccc32)CC1. The van der Waals surface area contributed by atoms with E-state index in [1.165, 1.54) is 0 Å². The lowest BCUT2D eigenvalue weighted by Gasteiger charge is -2.37. The molecule has 9 heteroatoms. The first-order chi connectivity index (χ1) is 19.6. The number of methoxy groups -OCH3 is 1. The number of anilines is 1. The lowest BCUT2D eigenvalue weighted by molar-refractivity contribution is 0.0582. The number of hydrogen-bond donors (Lipinski definition) is 0. The zero-order chi connectivity index (χ0) is 28.9. The highest BCUT2D eigenvalue weighted by Gasteiger charge is 2.37. The van der Waals surface area contributed by atoms with Crippen molar-refractivity contribution in [2.75, 3.05) is 18.5 Å². The number of halogens is 1. The Morgan fingerprint density at radius 2 is 1.87 bits per heavy atom. The summed E-state index contributed by atoms with van der Waals surface area (Å²) in [4.78, 5) is 20.1. The van der Waals surface area contributed by atoms with E-state index in [-0.39, 0.29) is 18.2 Å². The van der Waals surface area contributed by atoms with Gasteiger partial charge in [0, 0.05) is 35.2 Å². The standard InChI is InChI=1S/C29H31BrN4O4/c1-17-27(18(2)38-32-17)19-4-13-25-24(16-19)31-28(33(25)21-9-11-23(36-3)12-10-21)26-14-15-37-29(35)34(26)22-7-5-20(30)6-8-22/h4-8,13,16,21,23,26H,9-12,14-15H2,1-3H3/t21-,23-,26-/m0/s1/i3D3. The topological polar surface area (TPSA) is 82.6 Å². The number of nitrogens with zero attached hydrogens (tertiary/aromatic N) is 4. The van der Waals surface area contributed by atoms with Crippen molar-refractivity contribution in [3.8, 4) is 11.1 Å². The highest BCUT2D eigenvalue weighted by atomic mass is 79.9. The molecule has 3 heterocycles. The molecule has 1 aliphatic carbocycles. The molecule has 2 fully saturated rings. The van der Waals surface area contributed by atoms with Gasteiger partial charge < -0.3 is 18.6 Å². The smallest absolute Gasteiger partial charge is 0.414 e. The van der Waals surface area contributed by atoms with E-state index < -0.39 is 13.1 Å². The van der Waals surface area contributed by atoms with Crippen LogP contribution < -0.4 is 4.90 Å². The number of benzene rings is 2. The fourth-order valence-corrected chi connectivity index (χ4v) is 6.19. The fourth-order valence-electron chi connectivity index (χ4n) is 5.92. The van der Waals surface area contributed by atoms with Crippen molar-refractivity contribution in [1.82, 2.24) is 14.7 Å². The third-order valence-electron chi connectivity index (χ3n) is 7.74. The fraction of sp³-hybridized carbons (Fsp3) is 0.414. The molecule has 0 bridgehead atoms. The first-order valence-corrected chi connectivity index (χ1v) is 13.7. The summed E-state index contributed by atoms with van der Waals surface area (Å²) in [5, 5.41) is 4.12.